The Balaban J connectivity index is 1.86. The van der Waals surface area contributed by atoms with Crippen LogP contribution in [0.15, 0.2) is 59.6 Å². The molecule has 120 valence electrons. The summed E-state index contributed by atoms with van der Waals surface area (Å²) in [6.45, 7) is 6.71. The van der Waals surface area contributed by atoms with E-state index in [0.717, 1.165) is 17.3 Å². The molecule has 1 saturated heterocycles. The van der Waals surface area contributed by atoms with Gasteiger partial charge in [0.1, 0.15) is 11.9 Å². The molecule has 1 fully saturated rings. The predicted molar refractivity (Wildman–Crippen MR) is 93.3 cm³/mol. The maximum absolute atomic E-state index is 6.04. The van der Waals surface area contributed by atoms with Gasteiger partial charge < -0.3 is 9.47 Å². The topological polar surface area (TPSA) is 30.8 Å². The molecule has 1 aliphatic heterocycles. The summed E-state index contributed by atoms with van der Waals surface area (Å²) in [5.41, 5.74) is 2.19. The Hall–Kier alpha value is -2.29. The molecule has 0 aliphatic carbocycles. The SMILES string of the molecule is COc1ccc(N=C2O[C@@H](c3ccccc3)[C@H]2C(C)(C)C)cc1. The summed E-state index contributed by atoms with van der Waals surface area (Å²) in [6, 6.07) is 18.1. The molecule has 0 N–H and O–H groups in total. The molecule has 3 heteroatoms. The van der Waals surface area contributed by atoms with Crippen LogP contribution < -0.4 is 4.74 Å². The third-order valence-corrected chi connectivity index (χ3v) is 4.19. The van der Waals surface area contributed by atoms with Gasteiger partial charge in [0.05, 0.1) is 18.7 Å². The van der Waals surface area contributed by atoms with Crippen molar-refractivity contribution in [1.82, 2.24) is 0 Å². The molecule has 0 aromatic heterocycles. The molecule has 0 spiro atoms. The van der Waals surface area contributed by atoms with Crippen molar-refractivity contribution in [2.75, 3.05) is 7.11 Å². The van der Waals surface area contributed by atoms with Gasteiger partial charge in [-0.1, -0.05) is 51.1 Å². The summed E-state index contributed by atoms with van der Waals surface area (Å²) in [4.78, 5) is 4.70. The molecule has 0 radical (unpaired) electrons. The minimum absolute atomic E-state index is 0.0770. The molecule has 0 unspecified atom stereocenters. The third-order valence-electron chi connectivity index (χ3n) is 4.19. The maximum atomic E-state index is 6.04. The van der Waals surface area contributed by atoms with Gasteiger partial charge >= 0.3 is 0 Å². The average Bonchev–Trinajstić information content (AvgIpc) is 2.50. The first-order valence-corrected chi connectivity index (χ1v) is 7.93. The Morgan fingerprint density at radius 3 is 2.17 bits per heavy atom. The van der Waals surface area contributed by atoms with Crippen LogP contribution >= 0.6 is 0 Å². The van der Waals surface area contributed by atoms with Crippen LogP contribution in [0.4, 0.5) is 5.69 Å². The van der Waals surface area contributed by atoms with E-state index in [0.29, 0.717) is 0 Å². The number of ether oxygens (including phenoxy) is 2. The number of hydrogen-bond donors (Lipinski definition) is 0. The van der Waals surface area contributed by atoms with Crippen LogP contribution in [-0.4, -0.2) is 13.0 Å². The second-order valence-electron chi connectivity index (χ2n) is 6.94. The standard InChI is InChI=1S/C20H23NO2/c1-20(2,3)17-18(14-8-6-5-7-9-14)23-19(17)21-15-10-12-16(22-4)13-11-15/h5-13,17-18H,1-4H3/t17-,18+/m1/s1. The smallest absolute Gasteiger partial charge is 0.196 e. The summed E-state index contributed by atoms with van der Waals surface area (Å²) in [7, 11) is 1.66. The van der Waals surface area contributed by atoms with Gasteiger partial charge in [-0.15, -0.1) is 0 Å². The van der Waals surface area contributed by atoms with Gasteiger partial charge in [0.2, 0.25) is 0 Å². The Kier molecular flexibility index (Phi) is 4.12. The number of benzene rings is 2. The van der Waals surface area contributed by atoms with E-state index in [2.05, 4.69) is 45.0 Å². The van der Waals surface area contributed by atoms with Crippen molar-refractivity contribution in [2.24, 2.45) is 16.3 Å². The van der Waals surface area contributed by atoms with Crippen molar-refractivity contribution in [1.29, 1.82) is 0 Å². The lowest BCUT2D eigenvalue weighted by molar-refractivity contribution is -0.000812. The van der Waals surface area contributed by atoms with E-state index < -0.39 is 0 Å². The molecule has 3 nitrogen and oxygen atoms in total. The van der Waals surface area contributed by atoms with Crippen LogP contribution in [0.1, 0.15) is 32.4 Å². The summed E-state index contributed by atoms with van der Waals surface area (Å²) < 4.78 is 11.2. The second-order valence-corrected chi connectivity index (χ2v) is 6.94. The van der Waals surface area contributed by atoms with Gasteiger partial charge in [-0.25, -0.2) is 4.99 Å². The van der Waals surface area contributed by atoms with Crippen LogP contribution in [0.25, 0.3) is 0 Å². The van der Waals surface area contributed by atoms with E-state index in [-0.39, 0.29) is 17.4 Å². The van der Waals surface area contributed by atoms with Crippen LogP contribution in [0.3, 0.4) is 0 Å². The number of methoxy groups -OCH3 is 1. The average molecular weight is 309 g/mol. The molecule has 2 aromatic carbocycles. The van der Waals surface area contributed by atoms with Crippen molar-refractivity contribution in [3.63, 3.8) is 0 Å². The first-order chi connectivity index (χ1) is 11.0. The lowest BCUT2D eigenvalue weighted by Crippen LogP contribution is -2.46. The summed E-state index contributed by atoms with van der Waals surface area (Å²) in [6.07, 6.45) is 0.0770. The number of nitrogens with zero attached hydrogens (tertiary/aromatic N) is 1. The number of hydrogen-bond acceptors (Lipinski definition) is 3. The quantitative estimate of drug-likeness (QED) is 0.784. The highest BCUT2D eigenvalue weighted by atomic mass is 16.5. The lowest BCUT2D eigenvalue weighted by atomic mass is 9.72. The normalized spacial score (nSPS) is 22.3. The molecule has 0 bridgehead atoms. The third kappa shape index (κ3) is 3.24. The highest BCUT2D eigenvalue weighted by Crippen LogP contribution is 2.48. The molecule has 23 heavy (non-hydrogen) atoms. The van der Waals surface area contributed by atoms with E-state index >= 15 is 0 Å². The van der Waals surface area contributed by atoms with Crippen LogP contribution in [0, 0.1) is 11.3 Å². The Bertz CT molecular complexity index is 684. The summed E-state index contributed by atoms with van der Waals surface area (Å²) in [5, 5.41) is 0. The second kappa shape index (κ2) is 6.07. The monoisotopic (exact) mass is 309 g/mol. The van der Waals surface area contributed by atoms with Gasteiger partial charge in [-0.2, -0.15) is 0 Å². The fraction of sp³-hybridized carbons (Fsp3) is 0.350. The lowest BCUT2D eigenvalue weighted by Gasteiger charge is -2.46. The number of aliphatic imine (C=N–C) groups is 1. The Morgan fingerprint density at radius 1 is 0.957 bits per heavy atom. The molecule has 2 aromatic rings. The molecule has 0 saturated carbocycles. The molecule has 3 rings (SSSR count). The van der Waals surface area contributed by atoms with E-state index in [1.807, 2.05) is 30.3 Å². The summed E-state index contributed by atoms with van der Waals surface area (Å²) in [5.74, 6) is 1.92. The fourth-order valence-electron chi connectivity index (χ4n) is 2.94. The van der Waals surface area contributed by atoms with Gasteiger partial charge in [0.25, 0.3) is 0 Å². The highest BCUT2D eigenvalue weighted by molar-refractivity contribution is 5.87. The van der Waals surface area contributed by atoms with Crippen LogP contribution in [0.5, 0.6) is 5.75 Å². The minimum atomic E-state index is 0.0770. The minimum Gasteiger partial charge on any atom is -0.497 e. The predicted octanol–water partition coefficient (Wildman–Crippen LogP) is 5.16. The van der Waals surface area contributed by atoms with Crippen LogP contribution in [0.2, 0.25) is 0 Å². The van der Waals surface area contributed by atoms with E-state index in [4.69, 9.17) is 14.5 Å². The first kappa shape index (κ1) is 15.6. The first-order valence-electron chi connectivity index (χ1n) is 7.93. The molecule has 2 atom stereocenters. The zero-order valence-corrected chi connectivity index (χ0v) is 14.1. The van der Waals surface area contributed by atoms with Gasteiger partial charge in [0, 0.05) is 0 Å². The molecular weight excluding hydrogens is 286 g/mol. The van der Waals surface area contributed by atoms with E-state index in [1.54, 1.807) is 7.11 Å². The zero-order chi connectivity index (χ0) is 16.4. The molecule has 1 aliphatic rings. The molecular formula is C20H23NO2. The van der Waals surface area contributed by atoms with Gasteiger partial charge in [0.15, 0.2) is 5.90 Å². The Labute approximate surface area is 138 Å². The largest absolute Gasteiger partial charge is 0.497 e. The Morgan fingerprint density at radius 2 is 1.61 bits per heavy atom. The maximum Gasteiger partial charge on any atom is 0.196 e. The van der Waals surface area contributed by atoms with Gasteiger partial charge in [-0.05, 0) is 35.2 Å². The van der Waals surface area contributed by atoms with Crippen molar-refractivity contribution in [3.05, 3.63) is 60.2 Å². The fourth-order valence-corrected chi connectivity index (χ4v) is 2.94. The zero-order valence-electron chi connectivity index (χ0n) is 14.1. The van der Waals surface area contributed by atoms with E-state index in [9.17, 15) is 0 Å². The molecule has 0 amide bonds. The number of rotatable bonds is 3. The van der Waals surface area contributed by atoms with Crippen molar-refractivity contribution in [2.45, 2.75) is 26.9 Å². The van der Waals surface area contributed by atoms with Gasteiger partial charge in [-0.3, -0.25) is 0 Å². The van der Waals surface area contributed by atoms with Crippen molar-refractivity contribution in [3.8, 4) is 5.75 Å². The van der Waals surface area contributed by atoms with E-state index in [1.165, 1.54) is 5.56 Å². The highest BCUT2D eigenvalue weighted by Gasteiger charge is 2.48. The van der Waals surface area contributed by atoms with Crippen molar-refractivity contribution < 1.29 is 9.47 Å². The summed E-state index contributed by atoms with van der Waals surface area (Å²) >= 11 is 0. The van der Waals surface area contributed by atoms with Crippen molar-refractivity contribution >= 4 is 11.6 Å². The van der Waals surface area contributed by atoms with Crippen LogP contribution in [-0.2, 0) is 4.74 Å². The molecule has 1 heterocycles.